The van der Waals surface area contributed by atoms with Crippen LogP contribution in [0.15, 0.2) is 35.2 Å². The minimum atomic E-state index is -0.677. The maximum atomic E-state index is 12.6. The van der Waals surface area contributed by atoms with Crippen LogP contribution in [-0.2, 0) is 4.79 Å². The van der Waals surface area contributed by atoms with E-state index in [9.17, 15) is 9.59 Å². The van der Waals surface area contributed by atoms with Crippen LogP contribution in [0.2, 0.25) is 0 Å². The average Bonchev–Trinajstić information content (AvgIpc) is 3.18. The molecule has 1 amide bonds. The van der Waals surface area contributed by atoms with Crippen LogP contribution in [-0.4, -0.2) is 62.2 Å². The number of nitrogens with zero attached hydrogens (tertiary/aromatic N) is 3. The van der Waals surface area contributed by atoms with Gasteiger partial charge in [-0.1, -0.05) is 0 Å². The van der Waals surface area contributed by atoms with Gasteiger partial charge in [0.15, 0.2) is 12.4 Å². The number of ether oxygens (including phenoxy) is 1. The van der Waals surface area contributed by atoms with Crippen molar-refractivity contribution >= 4 is 17.5 Å². The molecule has 2 aromatic heterocycles. The van der Waals surface area contributed by atoms with Crippen LogP contribution in [0.1, 0.15) is 29.6 Å². The van der Waals surface area contributed by atoms with Crippen LogP contribution < -0.4 is 32.7 Å². The lowest BCUT2D eigenvalue weighted by atomic mass is 10.0. The summed E-state index contributed by atoms with van der Waals surface area (Å²) in [6.07, 6.45) is 4.84. The highest BCUT2D eigenvalue weighted by molar-refractivity contribution is 5.98. The van der Waals surface area contributed by atoms with Crippen molar-refractivity contribution in [3.63, 3.8) is 0 Å². The summed E-state index contributed by atoms with van der Waals surface area (Å²) in [4.78, 5) is 29.5. The molecule has 2 aromatic rings. The van der Waals surface area contributed by atoms with E-state index in [4.69, 9.17) is 10.5 Å². The Labute approximate surface area is 176 Å². The van der Waals surface area contributed by atoms with Crippen molar-refractivity contribution in [1.82, 2.24) is 19.9 Å². The number of carbonyl (C=O) groups is 2. The number of pyridine rings is 1. The van der Waals surface area contributed by atoms with Gasteiger partial charge in [-0.2, -0.15) is 0 Å². The molecule has 160 valence electrons. The zero-order valence-corrected chi connectivity index (χ0v) is 17.7. The second kappa shape index (κ2) is 11.5. The molecular weight excluding hydrogens is 398 g/mol. The molecule has 1 atom stereocenters. The second-order valence-electron chi connectivity index (χ2n) is 7.32. The first kappa shape index (κ1) is 24.5. The Morgan fingerprint density at radius 2 is 2.00 bits per heavy atom. The highest BCUT2D eigenvalue weighted by atomic mass is 35.5. The zero-order valence-electron chi connectivity index (χ0n) is 16.9. The van der Waals surface area contributed by atoms with Crippen LogP contribution in [0.5, 0.6) is 5.88 Å². The summed E-state index contributed by atoms with van der Waals surface area (Å²) in [6, 6.07) is 4.34. The maximum Gasteiger partial charge on any atom is 0.254 e. The maximum absolute atomic E-state index is 12.6. The quantitative estimate of drug-likeness (QED) is 0.320. The molecule has 0 aliphatic carbocycles. The molecule has 0 aromatic carbocycles. The molecule has 9 nitrogen and oxygen atoms in total. The van der Waals surface area contributed by atoms with E-state index in [0.717, 1.165) is 18.7 Å². The highest BCUT2D eigenvalue weighted by Gasteiger charge is 2.23. The standard InChI is InChI=1S/C19H27N5O4.ClH/c1-24(2,3)17-8-7-14(12-21-17)19(26)22-15(6-4-5-10-20)16(25)13-27-18-9-11-28-23-18;/h7-9,11-12,15H,4-6,10,13,20H2,1-3H3;1H/t15-;/m0./s1. The summed E-state index contributed by atoms with van der Waals surface area (Å²) in [5.41, 5.74) is 5.92. The predicted molar refractivity (Wildman–Crippen MR) is 105 cm³/mol. The number of hydrogen-bond donors (Lipinski definition) is 2. The Kier molecular flexibility index (Phi) is 9.73. The third kappa shape index (κ3) is 7.80. The lowest BCUT2D eigenvalue weighted by Gasteiger charge is -2.22. The Morgan fingerprint density at radius 1 is 1.24 bits per heavy atom. The van der Waals surface area contributed by atoms with Crippen LogP contribution >= 0.6 is 0 Å². The first-order valence-corrected chi connectivity index (χ1v) is 9.16. The lowest BCUT2D eigenvalue weighted by molar-refractivity contribution is -0.123. The zero-order chi connectivity index (χ0) is 20.6. The number of hydrogen-bond acceptors (Lipinski definition) is 7. The van der Waals surface area contributed by atoms with Crippen LogP contribution in [0.3, 0.4) is 0 Å². The number of aromatic nitrogens is 2. The molecule has 29 heavy (non-hydrogen) atoms. The highest BCUT2D eigenvalue weighted by Crippen LogP contribution is 2.14. The molecular formula is C19H28ClN5O4. The van der Waals surface area contributed by atoms with E-state index >= 15 is 0 Å². The minimum absolute atomic E-state index is 0. The number of unbranched alkanes of at least 4 members (excludes halogenated alkanes) is 1. The summed E-state index contributed by atoms with van der Waals surface area (Å²) in [7, 11) is 5.97. The molecule has 0 unspecified atom stereocenters. The summed E-state index contributed by atoms with van der Waals surface area (Å²) in [5, 5.41) is 6.38. The van der Waals surface area contributed by atoms with Crippen molar-refractivity contribution in [2.45, 2.75) is 25.3 Å². The molecule has 0 spiro atoms. The number of amides is 1. The number of ketones is 1. The fourth-order valence-corrected chi connectivity index (χ4v) is 2.49. The van der Waals surface area contributed by atoms with Gasteiger partial charge in [0.2, 0.25) is 5.82 Å². The summed E-state index contributed by atoms with van der Waals surface area (Å²) < 4.78 is 10.5. The van der Waals surface area contributed by atoms with Crippen LogP contribution in [0.25, 0.3) is 0 Å². The fourth-order valence-electron chi connectivity index (χ4n) is 2.49. The van der Waals surface area contributed by atoms with Gasteiger partial charge in [-0.3, -0.25) is 14.1 Å². The predicted octanol–water partition coefficient (Wildman–Crippen LogP) is -1.85. The molecule has 2 heterocycles. The van der Waals surface area contributed by atoms with Crippen LogP contribution in [0, 0.1) is 0 Å². The number of nitrogens with two attached hydrogens (primary N) is 1. The number of quaternary nitrogens is 1. The van der Waals surface area contributed by atoms with Crippen molar-refractivity contribution in [3.05, 3.63) is 36.2 Å². The Bertz CT molecular complexity index is 760. The molecule has 0 aliphatic heterocycles. The Balaban J connectivity index is 0.00000420. The topological polar surface area (TPSA) is 120 Å². The van der Waals surface area contributed by atoms with E-state index in [1.807, 2.05) is 21.1 Å². The minimum Gasteiger partial charge on any atom is -1.00 e. The molecule has 0 saturated carbocycles. The van der Waals surface area contributed by atoms with Gasteiger partial charge in [-0.15, -0.1) is 0 Å². The van der Waals surface area contributed by atoms with Crippen molar-refractivity contribution in [2.24, 2.45) is 5.73 Å². The summed E-state index contributed by atoms with van der Waals surface area (Å²) >= 11 is 0. The van der Waals surface area contributed by atoms with Gasteiger partial charge in [0.25, 0.3) is 11.8 Å². The van der Waals surface area contributed by atoms with E-state index in [2.05, 4.69) is 20.0 Å². The van der Waals surface area contributed by atoms with Gasteiger partial charge in [-0.25, -0.2) is 4.98 Å². The van der Waals surface area contributed by atoms with Crippen molar-refractivity contribution in [1.29, 1.82) is 0 Å². The molecule has 0 radical (unpaired) electrons. The van der Waals surface area contributed by atoms with Gasteiger partial charge in [0.1, 0.15) is 6.26 Å². The summed E-state index contributed by atoms with van der Waals surface area (Å²) in [5.74, 6) is 0.450. The molecule has 0 fully saturated rings. The van der Waals surface area contributed by atoms with E-state index in [1.54, 1.807) is 12.1 Å². The second-order valence-corrected chi connectivity index (χ2v) is 7.32. The normalized spacial score (nSPS) is 12.0. The third-order valence-corrected chi connectivity index (χ3v) is 4.11. The summed E-state index contributed by atoms with van der Waals surface area (Å²) in [6.45, 7) is 0.319. The molecule has 10 heteroatoms. The molecule has 0 bridgehead atoms. The number of rotatable bonds is 11. The van der Waals surface area contributed by atoms with E-state index < -0.39 is 6.04 Å². The first-order chi connectivity index (χ1) is 13.3. The van der Waals surface area contributed by atoms with Crippen molar-refractivity contribution < 1.29 is 31.3 Å². The van der Waals surface area contributed by atoms with Crippen molar-refractivity contribution in [3.8, 4) is 5.88 Å². The smallest absolute Gasteiger partial charge is 0.254 e. The molecule has 2 rings (SSSR count). The SMILES string of the molecule is C[N+](C)(C)c1ccc(C(=O)N[C@@H](CCCCN)C(=O)COc2ccon2)cn1.[Cl-]. The van der Waals surface area contributed by atoms with Gasteiger partial charge >= 0.3 is 0 Å². The Morgan fingerprint density at radius 3 is 2.55 bits per heavy atom. The van der Waals surface area contributed by atoms with Crippen LogP contribution in [0.4, 0.5) is 5.82 Å². The number of carbonyl (C=O) groups excluding carboxylic acids is 2. The molecule has 3 N–H and O–H groups in total. The van der Waals surface area contributed by atoms with Gasteiger partial charge < -0.3 is 32.7 Å². The number of halogens is 1. The number of Topliss-reactive ketones (excluding diaryl/α,β-unsaturated/α-hetero) is 1. The number of nitrogens with one attached hydrogen (secondary N) is 1. The van der Waals surface area contributed by atoms with Gasteiger partial charge in [0.05, 0.1) is 32.7 Å². The van der Waals surface area contributed by atoms with E-state index in [0.29, 0.717) is 23.0 Å². The molecule has 0 saturated heterocycles. The fraction of sp³-hybridized carbons (Fsp3) is 0.474. The van der Waals surface area contributed by atoms with Gasteiger partial charge in [-0.05, 0) is 37.0 Å². The Hall–Kier alpha value is -2.49. The largest absolute Gasteiger partial charge is 1.00 e. The third-order valence-electron chi connectivity index (χ3n) is 4.11. The lowest BCUT2D eigenvalue weighted by Crippen LogP contribution is -3.00. The van der Waals surface area contributed by atoms with Crippen molar-refractivity contribution in [2.75, 3.05) is 34.3 Å². The first-order valence-electron chi connectivity index (χ1n) is 9.16. The van der Waals surface area contributed by atoms with Gasteiger partial charge in [0, 0.05) is 18.3 Å². The van der Waals surface area contributed by atoms with E-state index in [-0.39, 0.29) is 36.6 Å². The van der Waals surface area contributed by atoms with E-state index in [1.165, 1.54) is 18.5 Å². The molecule has 0 aliphatic rings. The monoisotopic (exact) mass is 425 g/mol. The average molecular weight is 426 g/mol.